The van der Waals surface area contributed by atoms with E-state index in [2.05, 4.69) is 34.6 Å². The van der Waals surface area contributed by atoms with Crippen LogP contribution in [-0.4, -0.2) is 0 Å². The summed E-state index contributed by atoms with van der Waals surface area (Å²) in [6, 6.07) is 0. The molecule has 0 radical (unpaired) electrons. The summed E-state index contributed by atoms with van der Waals surface area (Å²) in [6.07, 6.45) is 29.0. The number of hydrogen-bond donors (Lipinski definition) is 0. The van der Waals surface area contributed by atoms with Crippen molar-refractivity contribution in [2.45, 2.75) is 157 Å². The van der Waals surface area contributed by atoms with Crippen LogP contribution in [0, 0.1) is 65.1 Å². The average Bonchev–Trinajstić information content (AvgIpc) is 3.52. The lowest BCUT2D eigenvalue weighted by Crippen LogP contribution is -2.41. The molecule has 204 valence electrons. The highest BCUT2D eigenvalue weighted by molar-refractivity contribution is 4.96. The second-order valence-electron chi connectivity index (χ2n) is 14.7. The van der Waals surface area contributed by atoms with Crippen molar-refractivity contribution in [2.24, 2.45) is 65.1 Å². The zero-order valence-corrected chi connectivity index (χ0v) is 24.8. The van der Waals surface area contributed by atoms with Crippen LogP contribution in [0.5, 0.6) is 0 Å². The minimum atomic E-state index is 1.00. The van der Waals surface area contributed by atoms with Gasteiger partial charge in [-0.25, -0.2) is 0 Å². The monoisotopic (exact) mass is 485 g/mol. The second-order valence-corrected chi connectivity index (χ2v) is 14.7. The van der Waals surface area contributed by atoms with Crippen LogP contribution >= 0.6 is 0 Å². The Morgan fingerprint density at radius 1 is 0.571 bits per heavy atom. The third-order valence-corrected chi connectivity index (χ3v) is 12.5. The first-order chi connectivity index (χ1) is 17.0. The first kappa shape index (κ1) is 28.0. The molecule has 0 aliphatic heterocycles. The fourth-order valence-electron chi connectivity index (χ4n) is 10.5. The summed E-state index contributed by atoms with van der Waals surface area (Å²) in [7, 11) is 0. The van der Waals surface area contributed by atoms with Crippen molar-refractivity contribution in [3.63, 3.8) is 0 Å². The van der Waals surface area contributed by atoms with Gasteiger partial charge >= 0.3 is 0 Å². The van der Waals surface area contributed by atoms with Gasteiger partial charge in [0.1, 0.15) is 0 Å². The average molecular weight is 485 g/mol. The molecule has 5 saturated carbocycles. The molecule has 0 aromatic carbocycles. The Hall–Kier alpha value is 0. The standard InChI is InChI=1S/C20H36.C15H28/c1-3-4-12-18-15(2)14-17-11-8-13-19(17)20(18)16-9-6-5-7-10-16;1-4-13-10-15(8-6-12(13)3)14-7-5-11(2)9-14/h15-20H,3-14H2,1-2H3;11-15H,4-10H2,1-3H3. The van der Waals surface area contributed by atoms with Gasteiger partial charge in [0.15, 0.2) is 0 Å². The summed E-state index contributed by atoms with van der Waals surface area (Å²) < 4.78 is 0. The maximum Gasteiger partial charge on any atom is -0.0324 e. The first-order valence-corrected chi connectivity index (χ1v) is 17.0. The van der Waals surface area contributed by atoms with Gasteiger partial charge in [0.2, 0.25) is 0 Å². The molecule has 0 spiro atoms. The molecular formula is C35H64. The van der Waals surface area contributed by atoms with E-state index in [0.717, 1.165) is 65.1 Å². The Balaban J connectivity index is 0.000000172. The van der Waals surface area contributed by atoms with Gasteiger partial charge in [0, 0.05) is 0 Å². The number of rotatable bonds is 6. The van der Waals surface area contributed by atoms with Crippen LogP contribution in [0.3, 0.4) is 0 Å². The van der Waals surface area contributed by atoms with Crippen molar-refractivity contribution in [3.05, 3.63) is 0 Å². The zero-order chi connectivity index (χ0) is 24.8. The third kappa shape index (κ3) is 7.11. The Morgan fingerprint density at radius 2 is 1.29 bits per heavy atom. The van der Waals surface area contributed by atoms with E-state index in [1.165, 1.54) is 70.6 Å². The number of fused-ring (bicyclic) bond motifs is 1. The van der Waals surface area contributed by atoms with E-state index in [9.17, 15) is 0 Å². The Labute approximate surface area is 221 Å². The van der Waals surface area contributed by atoms with Gasteiger partial charge in [-0.15, -0.1) is 0 Å². The number of unbranched alkanes of at least 4 members (excludes halogenated alkanes) is 1. The molecule has 0 heterocycles. The van der Waals surface area contributed by atoms with Gasteiger partial charge < -0.3 is 0 Å². The van der Waals surface area contributed by atoms with E-state index in [1.54, 1.807) is 51.4 Å². The molecule has 0 nitrogen and oxygen atoms in total. The van der Waals surface area contributed by atoms with Crippen molar-refractivity contribution >= 4 is 0 Å². The summed E-state index contributed by atoms with van der Waals surface area (Å²) in [5.74, 6) is 11.9. The van der Waals surface area contributed by atoms with Crippen molar-refractivity contribution < 1.29 is 0 Å². The highest BCUT2D eigenvalue weighted by Gasteiger charge is 2.47. The fraction of sp³-hybridized carbons (Fsp3) is 1.00. The van der Waals surface area contributed by atoms with E-state index in [-0.39, 0.29) is 0 Å². The molecule has 0 aromatic heterocycles. The molecule has 0 amide bonds. The van der Waals surface area contributed by atoms with Gasteiger partial charge in [-0.1, -0.05) is 112 Å². The van der Waals surface area contributed by atoms with E-state index >= 15 is 0 Å². The Morgan fingerprint density at radius 3 is 1.97 bits per heavy atom. The lowest BCUT2D eigenvalue weighted by Gasteiger charge is -2.49. The van der Waals surface area contributed by atoms with Crippen LogP contribution in [0.2, 0.25) is 0 Å². The summed E-state index contributed by atoms with van der Waals surface area (Å²) in [4.78, 5) is 0. The third-order valence-electron chi connectivity index (χ3n) is 12.5. The van der Waals surface area contributed by atoms with E-state index in [4.69, 9.17) is 0 Å². The normalized spacial score (nSPS) is 44.5. The van der Waals surface area contributed by atoms with Crippen LogP contribution in [0.1, 0.15) is 157 Å². The Kier molecular flexibility index (Phi) is 11.0. The molecule has 0 bridgehead atoms. The number of hydrogen-bond acceptors (Lipinski definition) is 0. The smallest absolute Gasteiger partial charge is 0.0324 e. The topological polar surface area (TPSA) is 0 Å². The van der Waals surface area contributed by atoms with Crippen molar-refractivity contribution in [1.82, 2.24) is 0 Å². The molecule has 0 saturated heterocycles. The van der Waals surface area contributed by atoms with Crippen molar-refractivity contribution in [2.75, 3.05) is 0 Å². The van der Waals surface area contributed by atoms with Crippen LogP contribution in [-0.2, 0) is 0 Å². The van der Waals surface area contributed by atoms with Gasteiger partial charge in [-0.2, -0.15) is 0 Å². The van der Waals surface area contributed by atoms with Gasteiger partial charge in [-0.05, 0) is 110 Å². The molecule has 5 fully saturated rings. The summed E-state index contributed by atoms with van der Waals surface area (Å²) >= 11 is 0. The van der Waals surface area contributed by atoms with Crippen LogP contribution in [0.15, 0.2) is 0 Å². The molecule has 5 aliphatic carbocycles. The predicted octanol–water partition coefficient (Wildman–Crippen LogP) is 11.3. The van der Waals surface area contributed by atoms with E-state index < -0.39 is 0 Å². The summed E-state index contributed by atoms with van der Waals surface area (Å²) in [5, 5.41) is 0. The lowest BCUT2D eigenvalue weighted by atomic mass is 9.56. The van der Waals surface area contributed by atoms with Gasteiger partial charge in [0.25, 0.3) is 0 Å². The summed E-state index contributed by atoms with van der Waals surface area (Å²) in [6.45, 7) is 12.3. The van der Waals surface area contributed by atoms with Gasteiger partial charge in [-0.3, -0.25) is 0 Å². The molecule has 5 aliphatic rings. The summed E-state index contributed by atoms with van der Waals surface area (Å²) in [5.41, 5.74) is 0. The van der Waals surface area contributed by atoms with Gasteiger partial charge in [0.05, 0.1) is 0 Å². The minimum Gasteiger partial charge on any atom is -0.0654 e. The first-order valence-electron chi connectivity index (χ1n) is 17.0. The maximum atomic E-state index is 2.60. The fourth-order valence-corrected chi connectivity index (χ4v) is 10.5. The molecule has 10 unspecified atom stereocenters. The van der Waals surface area contributed by atoms with E-state index in [1.807, 2.05) is 0 Å². The SMILES string of the molecule is CCC1CC(C2CCC(C)C2)CCC1C.CCCCC1C(C)CC2CCCC2C1C1CCCCC1. The Bertz CT molecular complexity index is 587. The molecule has 5 rings (SSSR count). The highest BCUT2D eigenvalue weighted by atomic mass is 14.5. The minimum absolute atomic E-state index is 1.00. The van der Waals surface area contributed by atoms with Crippen LogP contribution in [0.4, 0.5) is 0 Å². The van der Waals surface area contributed by atoms with Crippen LogP contribution < -0.4 is 0 Å². The molecular weight excluding hydrogens is 420 g/mol. The quantitative estimate of drug-likeness (QED) is 0.351. The lowest BCUT2D eigenvalue weighted by molar-refractivity contribution is 0.00254. The van der Waals surface area contributed by atoms with Crippen molar-refractivity contribution in [3.8, 4) is 0 Å². The molecule has 35 heavy (non-hydrogen) atoms. The molecule has 0 N–H and O–H groups in total. The van der Waals surface area contributed by atoms with Crippen molar-refractivity contribution in [1.29, 1.82) is 0 Å². The highest BCUT2D eigenvalue weighted by Crippen LogP contribution is 2.55. The van der Waals surface area contributed by atoms with Crippen LogP contribution in [0.25, 0.3) is 0 Å². The largest absolute Gasteiger partial charge is 0.0654 e. The second kappa shape index (κ2) is 13.7. The zero-order valence-electron chi connectivity index (χ0n) is 24.8. The van der Waals surface area contributed by atoms with E-state index in [0.29, 0.717) is 0 Å². The maximum absolute atomic E-state index is 2.60. The molecule has 0 aromatic rings. The molecule has 0 heteroatoms. The molecule has 10 atom stereocenters. The predicted molar refractivity (Wildman–Crippen MR) is 154 cm³/mol.